The minimum Gasteiger partial charge on any atom is -0.486 e. The highest BCUT2D eigenvalue weighted by Crippen LogP contribution is 2.33. The number of nitrogens with one attached hydrogen (secondary N) is 1. The van der Waals surface area contributed by atoms with Crippen LogP contribution in [0.15, 0.2) is 42.5 Å². The summed E-state index contributed by atoms with van der Waals surface area (Å²) in [7, 11) is 0. The van der Waals surface area contributed by atoms with Crippen LogP contribution < -0.4 is 24.3 Å². The maximum absolute atomic E-state index is 12.2. The smallest absolute Gasteiger partial charge is 0.251 e. The number of ether oxygens (including phenoxy) is 4. The summed E-state index contributed by atoms with van der Waals surface area (Å²) in [4.78, 5) is 12.2. The van der Waals surface area contributed by atoms with Gasteiger partial charge in [0.15, 0.2) is 23.0 Å². The lowest BCUT2D eigenvalue weighted by atomic mass is 10.2. The van der Waals surface area contributed by atoms with E-state index in [1.54, 1.807) is 18.2 Å². The van der Waals surface area contributed by atoms with Crippen molar-refractivity contribution in [1.82, 2.24) is 5.32 Å². The Balaban J connectivity index is 1.37. The highest BCUT2D eigenvalue weighted by atomic mass is 16.7. The molecule has 2 aliphatic heterocycles. The molecule has 0 saturated carbocycles. The number of amides is 1. The molecule has 0 radical (unpaired) electrons. The van der Waals surface area contributed by atoms with E-state index in [9.17, 15) is 4.79 Å². The predicted molar refractivity (Wildman–Crippen MR) is 81.3 cm³/mol. The number of hydrogen-bond acceptors (Lipinski definition) is 5. The van der Waals surface area contributed by atoms with Gasteiger partial charge in [-0.05, 0) is 30.3 Å². The summed E-state index contributed by atoms with van der Waals surface area (Å²) in [6.07, 6.45) is -0.220. The Labute approximate surface area is 132 Å². The topological polar surface area (TPSA) is 66.0 Å². The minimum absolute atomic E-state index is 0.188. The largest absolute Gasteiger partial charge is 0.486 e. The molecule has 23 heavy (non-hydrogen) atoms. The Morgan fingerprint density at radius 1 is 1.00 bits per heavy atom. The van der Waals surface area contributed by atoms with Gasteiger partial charge in [-0.25, -0.2) is 0 Å². The van der Waals surface area contributed by atoms with Gasteiger partial charge in [0.25, 0.3) is 5.91 Å². The summed E-state index contributed by atoms with van der Waals surface area (Å²) < 4.78 is 21.9. The molecule has 2 aliphatic rings. The first kappa shape index (κ1) is 13.8. The first-order valence-corrected chi connectivity index (χ1v) is 7.36. The monoisotopic (exact) mass is 313 g/mol. The van der Waals surface area contributed by atoms with E-state index >= 15 is 0 Å². The number of fused-ring (bicyclic) bond motifs is 2. The Hall–Kier alpha value is -2.89. The van der Waals surface area contributed by atoms with Crippen molar-refractivity contribution in [3.63, 3.8) is 0 Å². The molecule has 6 nitrogen and oxygen atoms in total. The van der Waals surface area contributed by atoms with E-state index in [1.165, 1.54) is 0 Å². The van der Waals surface area contributed by atoms with E-state index in [4.69, 9.17) is 18.9 Å². The van der Waals surface area contributed by atoms with E-state index in [0.717, 1.165) is 5.75 Å². The van der Waals surface area contributed by atoms with Crippen LogP contribution in [0.4, 0.5) is 0 Å². The third kappa shape index (κ3) is 2.75. The molecular formula is C17H15NO5. The Bertz CT molecular complexity index is 746. The number of para-hydroxylation sites is 2. The summed E-state index contributed by atoms with van der Waals surface area (Å²) >= 11 is 0. The van der Waals surface area contributed by atoms with Crippen molar-refractivity contribution in [3.05, 3.63) is 48.0 Å². The molecule has 0 fully saturated rings. The molecule has 1 N–H and O–H groups in total. The fourth-order valence-electron chi connectivity index (χ4n) is 2.51. The minimum atomic E-state index is -0.220. The molecule has 0 aromatic heterocycles. The third-order valence-corrected chi connectivity index (χ3v) is 3.69. The first-order valence-electron chi connectivity index (χ1n) is 7.36. The van der Waals surface area contributed by atoms with Gasteiger partial charge in [-0.2, -0.15) is 0 Å². The number of benzene rings is 2. The van der Waals surface area contributed by atoms with E-state index in [0.29, 0.717) is 36.0 Å². The molecule has 2 aromatic rings. The van der Waals surface area contributed by atoms with Crippen LogP contribution in [-0.4, -0.2) is 32.0 Å². The summed E-state index contributed by atoms with van der Waals surface area (Å²) in [6, 6.07) is 12.6. The quantitative estimate of drug-likeness (QED) is 0.938. The van der Waals surface area contributed by atoms with Crippen LogP contribution in [0, 0.1) is 0 Å². The molecule has 0 bridgehead atoms. The van der Waals surface area contributed by atoms with Gasteiger partial charge in [0.1, 0.15) is 12.7 Å². The zero-order valence-corrected chi connectivity index (χ0v) is 12.3. The van der Waals surface area contributed by atoms with Crippen LogP contribution in [0.1, 0.15) is 10.4 Å². The van der Waals surface area contributed by atoms with Crippen LogP contribution in [0.2, 0.25) is 0 Å². The van der Waals surface area contributed by atoms with Crippen LogP contribution in [0.5, 0.6) is 23.0 Å². The lowest BCUT2D eigenvalue weighted by Crippen LogP contribution is -2.40. The molecule has 4 rings (SSSR count). The average molecular weight is 313 g/mol. The summed E-state index contributed by atoms with van der Waals surface area (Å²) in [5, 5.41) is 2.85. The number of rotatable bonds is 3. The van der Waals surface area contributed by atoms with Gasteiger partial charge in [0, 0.05) is 5.56 Å². The van der Waals surface area contributed by atoms with Crippen molar-refractivity contribution in [1.29, 1.82) is 0 Å². The summed E-state index contributed by atoms with van der Waals surface area (Å²) in [5.41, 5.74) is 0.520. The van der Waals surface area contributed by atoms with Crippen molar-refractivity contribution in [3.8, 4) is 23.0 Å². The molecule has 6 heteroatoms. The maximum Gasteiger partial charge on any atom is 0.251 e. The SMILES string of the molecule is O=C(NC[C@H]1COc2ccccc2O1)c1ccc2c(c1)OCO2. The van der Waals surface area contributed by atoms with Crippen molar-refractivity contribution >= 4 is 5.91 Å². The molecule has 0 saturated heterocycles. The highest BCUT2D eigenvalue weighted by Gasteiger charge is 2.22. The number of carbonyl (C=O) groups excluding carboxylic acids is 1. The average Bonchev–Trinajstić information content (AvgIpc) is 3.07. The van der Waals surface area contributed by atoms with Gasteiger partial charge < -0.3 is 24.3 Å². The fraction of sp³-hybridized carbons (Fsp3) is 0.235. The van der Waals surface area contributed by atoms with Gasteiger partial charge in [0.2, 0.25) is 6.79 Å². The second kappa shape index (κ2) is 5.72. The molecule has 118 valence electrons. The van der Waals surface area contributed by atoms with E-state index in [1.807, 2.05) is 24.3 Å². The zero-order chi connectivity index (χ0) is 15.6. The van der Waals surface area contributed by atoms with Crippen molar-refractivity contribution in [2.45, 2.75) is 6.10 Å². The molecule has 2 heterocycles. The van der Waals surface area contributed by atoms with Gasteiger partial charge >= 0.3 is 0 Å². The Morgan fingerprint density at radius 2 is 1.78 bits per heavy atom. The Kier molecular flexibility index (Phi) is 3.42. The predicted octanol–water partition coefficient (Wildman–Crippen LogP) is 1.99. The van der Waals surface area contributed by atoms with Crippen LogP contribution in [-0.2, 0) is 0 Å². The van der Waals surface area contributed by atoms with Crippen LogP contribution in [0.3, 0.4) is 0 Å². The third-order valence-electron chi connectivity index (χ3n) is 3.69. The molecule has 1 amide bonds. The van der Waals surface area contributed by atoms with Crippen LogP contribution in [0.25, 0.3) is 0 Å². The van der Waals surface area contributed by atoms with Crippen molar-refractivity contribution in [2.75, 3.05) is 19.9 Å². The van der Waals surface area contributed by atoms with E-state index in [-0.39, 0.29) is 18.8 Å². The summed E-state index contributed by atoms with van der Waals surface area (Å²) in [6.45, 7) is 0.951. The molecule has 0 spiro atoms. The Morgan fingerprint density at radius 3 is 2.70 bits per heavy atom. The second-order valence-corrected chi connectivity index (χ2v) is 5.28. The van der Waals surface area contributed by atoms with Crippen molar-refractivity contribution < 1.29 is 23.7 Å². The van der Waals surface area contributed by atoms with Gasteiger partial charge in [0.05, 0.1) is 6.54 Å². The van der Waals surface area contributed by atoms with Crippen molar-refractivity contribution in [2.24, 2.45) is 0 Å². The van der Waals surface area contributed by atoms with Gasteiger partial charge in [-0.3, -0.25) is 4.79 Å². The fourth-order valence-corrected chi connectivity index (χ4v) is 2.51. The number of carbonyl (C=O) groups is 1. The first-order chi connectivity index (χ1) is 11.3. The van der Waals surface area contributed by atoms with E-state index in [2.05, 4.69) is 5.32 Å². The summed E-state index contributed by atoms with van der Waals surface area (Å²) in [5.74, 6) is 2.48. The normalized spacial score (nSPS) is 17.7. The number of hydrogen-bond donors (Lipinski definition) is 1. The molecular weight excluding hydrogens is 298 g/mol. The van der Waals surface area contributed by atoms with Crippen LogP contribution >= 0.6 is 0 Å². The molecule has 2 aromatic carbocycles. The lowest BCUT2D eigenvalue weighted by molar-refractivity contribution is 0.0789. The molecule has 1 atom stereocenters. The molecule has 0 unspecified atom stereocenters. The molecule has 0 aliphatic carbocycles. The standard InChI is InChI=1S/C17H15NO5/c19-17(11-5-6-14-16(7-11)22-10-21-14)18-8-12-9-20-13-3-1-2-4-15(13)23-12/h1-7,12H,8-10H2,(H,18,19)/t12-/m0/s1. The highest BCUT2D eigenvalue weighted by molar-refractivity contribution is 5.94. The maximum atomic E-state index is 12.2. The van der Waals surface area contributed by atoms with E-state index < -0.39 is 0 Å². The lowest BCUT2D eigenvalue weighted by Gasteiger charge is -2.26. The van der Waals surface area contributed by atoms with Gasteiger partial charge in [-0.1, -0.05) is 12.1 Å². The second-order valence-electron chi connectivity index (χ2n) is 5.28. The van der Waals surface area contributed by atoms with Gasteiger partial charge in [-0.15, -0.1) is 0 Å². The zero-order valence-electron chi connectivity index (χ0n) is 12.3.